The standard InChI is InChI=1S/C10H16O2.2C5H6N3.2Y/c11-9-7-5-3-1-2-4-6-8-10-12;2*1-4-6-3-7-5(2)8-4;;/h1-8H2;2*1-2H3;;/q-2;2*-1;;. The van der Waals surface area contributed by atoms with Gasteiger partial charge in [-0.1, -0.05) is 66.2 Å². The van der Waals surface area contributed by atoms with E-state index in [1.165, 1.54) is 12.8 Å². The van der Waals surface area contributed by atoms with Crippen molar-refractivity contribution in [2.75, 3.05) is 0 Å². The van der Waals surface area contributed by atoms with Gasteiger partial charge in [-0.15, -0.1) is 0 Å². The summed E-state index contributed by atoms with van der Waals surface area (Å²) in [4.78, 5) is 42.2. The van der Waals surface area contributed by atoms with Gasteiger partial charge in [0, 0.05) is 101 Å². The maximum absolute atomic E-state index is 9.81. The Hall–Kier alpha value is -0.432. The molecule has 0 aliphatic rings. The van der Waals surface area contributed by atoms with E-state index in [2.05, 4.69) is 42.6 Å². The molecule has 0 atom stereocenters. The first-order valence-electron chi connectivity index (χ1n) is 9.30. The number of nitrogens with zero attached hydrogens (tertiary/aromatic N) is 6. The third-order valence-electron chi connectivity index (χ3n) is 3.30. The van der Waals surface area contributed by atoms with Gasteiger partial charge in [0.05, 0.1) is 0 Å². The summed E-state index contributed by atoms with van der Waals surface area (Å²) >= 11 is 0. The summed E-state index contributed by atoms with van der Waals surface area (Å²) < 4.78 is 0. The third kappa shape index (κ3) is 23.8. The minimum atomic E-state index is 0. The largest absolute Gasteiger partial charge is 0.542 e. The van der Waals surface area contributed by atoms with Crippen LogP contribution in [0.1, 0.15) is 74.7 Å². The average Bonchev–Trinajstić information content (AvgIpc) is 2.65. The van der Waals surface area contributed by atoms with Crippen molar-refractivity contribution in [3.8, 4) is 0 Å². The zero-order chi connectivity index (χ0) is 21.0. The summed E-state index contributed by atoms with van der Waals surface area (Å²) in [6, 6.07) is 0. The molecule has 30 heavy (non-hydrogen) atoms. The smallest absolute Gasteiger partial charge is 0.0247 e. The molecule has 0 saturated heterocycles. The number of carbonyl (C=O) groups excluding carboxylic acids is 2. The van der Waals surface area contributed by atoms with Crippen LogP contribution in [0.25, 0.3) is 0 Å². The van der Waals surface area contributed by atoms with E-state index in [-0.39, 0.29) is 65.4 Å². The first-order valence-corrected chi connectivity index (χ1v) is 9.30. The zero-order valence-corrected chi connectivity index (χ0v) is 24.0. The average molecular weight is 562 g/mol. The molecule has 0 unspecified atom stereocenters. The fourth-order valence-electron chi connectivity index (χ4n) is 2.01. The summed E-state index contributed by atoms with van der Waals surface area (Å²) in [6.45, 7) is 7.24. The van der Waals surface area contributed by atoms with Crippen LogP contribution in [-0.4, -0.2) is 42.5 Å². The number of unbranched alkanes of at least 4 members (excludes halogenated alkanes) is 7. The van der Waals surface area contributed by atoms with Crippen LogP contribution in [0.3, 0.4) is 0 Å². The van der Waals surface area contributed by atoms with E-state index in [0.29, 0.717) is 12.8 Å². The van der Waals surface area contributed by atoms with E-state index in [1.54, 1.807) is 0 Å². The molecule has 10 heteroatoms. The van der Waals surface area contributed by atoms with Crippen LogP contribution >= 0.6 is 0 Å². The molecule has 0 spiro atoms. The summed E-state index contributed by atoms with van der Waals surface area (Å²) in [7, 11) is 0. The predicted octanol–water partition coefficient (Wildman–Crippen LogP) is 2.90. The van der Waals surface area contributed by atoms with Crippen LogP contribution in [0, 0.1) is 40.3 Å². The van der Waals surface area contributed by atoms with Gasteiger partial charge in [0.25, 0.3) is 0 Å². The molecule has 2 radical (unpaired) electrons. The van der Waals surface area contributed by atoms with E-state index in [9.17, 15) is 9.59 Å². The second-order valence-electron chi connectivity index (χ2n) is 5.97. The van der Waals surface area contributed by atoms with Crippen molar-refractivity contribution in [2.24, 2.45) is 0 Å². The Bertz CT molecular complexity index is 585. The van der Waals surface area contributed by atoms with Gasteiger partial charge < -0.3 is 39.5 Å². The molecule has 2 rings (SSSR count). The van der Waals surface area contributed by atoms with Gasteiger partial charge in [-0.05, 0) is 0 Å². The van der Waals surface area contributed by atoms with Crippen LogP contribution in [-0.2, 0) is 75.0 Å². The molecule has 160 valence electrons. The van der Waals surface area contributed by atoms with E-state index in [1.807, 2.05) is 40.3 Å². The Morgan fingerprint density at radius 2 is 0.833 bits per heavy atom. The first-order chi connectivity index (χ1) is 13.5. The van der Waals surface area contributed by atoms with Crippen molar-refractivity contribution in [2.45, 2.75) is 79.1 Å². The molecule has 2 aromatic heterocycles. The first kappa shape index (κ1) is 34.2. The van der Waals surface area contributed by atoms with E-state index in [4.69, 9.17) is 0 Å². The normalized spacial score (nSPS) is 8.80. The van der Waals surface area contributed by atoms with E-state index < -0.39 is 0 Å². The number of rotatable bonds is 9. The van der Waals surface area contributed by atoms with Crippen LogP contribution in [0.5, 0.6) is 0 Å². The molecule has 0 bridgehead atoms. The van der Waals surface area contributed by atoms with Crippen molar-refractivity contribution in [1.29, 1.82) is 0 Å². The van der Waals surface area contributed by atoms with Crippen molar-refractivity contribution in [3.63, 3.8) is 0 Å². The van der Waals surface area contributed by atoms with Gasteiger partial charge in [-0.2, -0.15) is 12.8 Å². The minimum Gasteiger partial charge on any atom is -0.542 e. The second-order valence-corrected chi connectivity index (χ2v) is 5.97. The molecule has 2 heterocycles. The van der Waals surface area contributed by atoms with Crippen molar-refractivity contribution in [1.82, 2.24) is 29.9 Å². The Morgan fingerprint density at radius 3 is 1.03 bits per heavy atom. The van der Waals surface area contributed by atoms with Crippen molar-refractivity contribution in [3.05, 3.63) is 36.0 Å². The number of hydrogen-bond acceptors (Lipinski definition) is 8. The van der Waals surface area contributed by atoms with Gasteiger partial charge in [-0.3, -0.25) is 12.6 Å². The molecule has 0 aliphatic carbocycles. The topological polar surface area (TPSA) is 111 Å². The Labute approximate surface area is 230 Å². The number of aryl methyl sites for hydroxylation is 4. The molecule has 0 amide bonds. The quantitative estimate of drug-likeness (QED) is 0.339. The van der Waals surface area contributed by atoms with E-state index in [0.717, 1.165) is 49.0 Å². The van der Waals surface area contributed by atoms with Crippen LogP contribution in [0.4, 0.5) is 0 Å². The van der Waals surface area contributed by atoms with Gasteiger partial charge in [0.15, 0.2) is 0 Å². The Kier molecular flexibility index (Phi) is 28.3. The zero-order valence-electron chi connectivity index (χ0n) is 18.3. The molecule has 0 N–H and O–H groups in total. The van der Waals surface area contributed by atoms with Gasteiger partial charge in [-0.25, -0.2) is 0 Å². The van der Waals surface area contributed by atoms with Crippen LogP contribution in [0.15, 0.2) is 0 Å². The fraction of sp³-hybridized carbons (Fsp3) is 0.600. The van der Waals surface area contributed by atoms with Gasteiger partial charge in [0.2, 0.25) is 0 Å². The van der Waals surface area contributed by atoms with Crippen molar-refractivity contribution < 1.29 is 75.0 Å². The molecule has 0 aromatic carbocycles. The third-order valence-corrected chi connectivity index (χ3v) is 3.30. The molecule has 0 fully saturated rings. The Balaban J connectivity index is -0.000000361. The molecule has 0 aliphatic heterocycles. The number of aromatic nitrogens is 6. The summed E-state index contributed by atoms with van der Waals surface area (Å²) in [6.07, 6.45) is 16.3. The predicted molar refractivity (Wildman–Crippen MR) is 105 cm³/mol. The summed E-state index contributed by atoms with van der Waals surface area (Å²) in [5.41, 5.74) is 0. The molecular weight excluding hydrogens is 534 g/mol. The fourth-order valence-corrected chi connectivity index (χ4v) is 2.01. The SMILES string of the molecule is Cc1n[c-]nc(C)n1.Cc1n[c-]nc(C)n1.O=[C-]CCCCCCCC[C-]=O.[Y].[Y]. The molecule has 2 aromatic rings. The maximum atomic E-state index is 9.81. The van der Waals surface area contributed by atoms with Crippen LogP contribution in [0.2, 0.25) is 0 Å². The molecule has 0 saturated carbocycles. The van der Waals surface area contributed by atoms with E-state index >= 15 is 0 Å². The minimum absolute atomic E-state index is 0. The Morgan fingerprint density at radius 1 is 0.567 bits per heavy atom. The van der Waals surface area contributed by atoms with Crippen molar-refractivity contribution >= 4 is 12.6 Å². The van der Waals surface area contributed by atoms with Gasteiger partial charge >= 0.3 is 0 Å². The monoisotopic (exact) mass is 562 g/mol. The second kappa shape index (κ2) is 24.8. The summed E-state index contributed by atoms with van der Waals surface area (Å²) in [5.74, 6) is 2.88. The van der Waals surface area contributed by atoms with Gasteiger partial charge in [0.1, 0.15) is 0 Å². The number of hydrogen-bond donors (Lipinski definition) is 0. The molecular formula is C20H28N6O2Y2-4. The van der Waals surface area contributed by atoms with Crippen LogP contribution < -0.4 is 0 Å². The maximum Gasteiger partial charge on any atom is 0.0247 e. The summed E-state index contributed by atoms with van der Waals surface area (Å²) in [5, 5.41) is 0. The molecule has 8 nitrogen and oxygen atoms in total.